The third-order valence-electron chi connectivity index (χ3n) is 2.60. The number of nitrogens with one attached hydrogen (secondary N) is 1. The molecule has 0 radical (unpaired) electrons. The molecule has 0 bridgehead atoms. The SMILES string of the molecule is CCC1(Br)C(=O)Nc2nc(N)ccc2C1=O. The number of nitrogens with two attached hydrogens (primary N) is 1. The van der Waals surface area contributed by atoms with Crippen molar-refractivity contribution in [3.63, 3.8) is 0 Å². The highest BCUT2D eigenvalue weighted by molar-refractivity contribution is 9.10. The van der Waals surface area contributed by atoms with Gasteiger partial charge in [-0.2, -0.15) is 0 Å². The zero-order valence-electron chi connectivity index (χ0n) is 8.58. The summed E-state index contributed by atoms with van der Waals surface area (Å²) in [7, 11) is 0. The first-order valence-corrected chi connectivity index (χ1v) is 5.60. The van der Waals surface area contributed by atoms with E-state index in [4.69, 9.17) is 5.73 Å². The zero-order valence-corrected chi connectivity index (χ0v) is 10.2. The number of hydrogen-bond donors (Lipinski definition) is 2. The molecule has 2 heterocycles. The Bertz CT molecular complexity index is 489. The van der Waals surface area contributed by atoms with E-state index in [-0.39, 0.29) is 17.4 Å². The molecule has 0 aliphatic carbocycles. The molecule has 1 aromatic heterocycles. The second-order valence-corrected chi connectivity index (χ2v) is 4.92. The van der Waals surface area contributed by atoms with Crippen LogP contribution in [0.1, 0.15) is 23.7 Å². The summed E-state index contributed by atoms with van der Waals surface area (Å²) in [5.74, 6) is -0.171. The standard InChI is InChI=1S/C10H10BrN3O2/c1-2-10(11)7(15)5-3-4-6(12)13-8(5)14-9(10)16/h3-4H,2H2,1H3,(H3,12,13,14,16). The summed E-state index contributed by atoms with van der Waals surface area (Å²) in [4.78, 5) is 27.8. The molecule has 6 heteroatoms. The van der Waals surface area contributed by atoms with E-state index in [2.05, 4.69) is 26.2 Å². The van der Waals surface area contributed by atoms with Crippen molar-refractivity contribution in [1.82, 2.24) is 4.98 Å². The van der Waals surface area contributed by atoms with Crippen molar-refractivity contribution >= 4 is 39.3 Å². The van der Waals surface area contributed by atoms with Crippen LogP contribution in [0.15, 0.2) is 12.1 Å². The number of fused-ring (bicyclic) bond motifs is 1. The first-order valence-electron chi connectivity index (χ1n) is 4.80. The highest BCUT2D eigenvalue weighted by atomic mass is 79.9. The monoisotopic (exact) mass is 283 g/mol. The van der Waals surface area contributed by atoms with Crippen LogP contribution in [-0.2, 0) is 4.79 Å². The van der Waals surface area contributed by atoms with Crippen LogP contribution in [-0.4, -0.2) is 21.0 Å². The average molecular weight is 284 g/mol. The zero-order chi connectivity index (χ0) is 11.9. The van der Waals surface area contributed by atoms with Gasteiger partial charge in [0.25, 0.3) is 0 Å². The number of carbonyl (C=O) groups excluding carboxylic acids is 2. The lowest BCUT2D eigenvalue weighted by atomic mass is 9.91. The molecule has 2 rings (SSSR count). The van der Waals surface area contributed by atoms with Crippen molar-refractivity contribution in [2.24, 2.45) is 0 Å². The third-order valence-corrected chi connectivity index (χ3v) is 3.88. The van der Waals surface area contributed by atoms with Crippen LogP contribution in [0, 0.1) is 0 Å². The Balaban J connectivity index is 2.58. The molecule has 1 aromatic rings. The average Bonchev–Trinajstić information content (AvgIpc) is 2.26. The number of ketones is 1. The van der Waals surface area contributed by atoms with Gasteiger partial charge in [0.05, 0.1) is 5.56 Å². The number of hydrogen-bond acceptors (Lipinski definition) is 4. The Morgan fingerprint density at radius 3 is 2.81 bits per heavy atom. The predicted octanol–water partition coefficient (Wildman–Crippen LogP) is 1.34. The number of alkyl halides is 1. The number of rotatable bonds is 1. The lowest BCUT2D eigenvalue weighted by Gasteiger charge is -2.28. The smallest absolute Gasteiger partial charge is 0.250 e. The number of halogens is 1. The minimum Gasteiger partial charge on any atom is -0.384 e. The van der Waals surface area contributed by atoms with E-state index >= 15 is 0 Å². The number of pyridine rings is 1. The second kappa shape index (κ2) is 3.55. The fraction of sp³-hybridized carbons (Fsp3) is 0.300. The van der Waals surface area contributed by atoms with Gasteiger partial charge in [0.15, 0.2) is 10.1 Å². The number of carbonyl (C=O) groups is 2. The Kier molecular flexibility index (Phi) is 2.46. The van der Waals surface area contributed by atoms with Gasteiger partial charge in [-0.1, -0.05) is 22.9 Å². The van der Waals surface area contributed by atoms with Gasteiger partial charge < -0.3 is 11.1 Å². The topological polar surface area (TPSA) is 85.1 Å². The van der Waals surface area contributed by atoms with Crippen LogP contribution in [0.2, 0.25) is 0 Å². The first kappa shape index (κ1) is 11.1. The van der Waals surface area contributed by atoms with E-state index in [1.807, 2.05) is 0 Å². The third kappa shape index (κ3) is 1.41. The molecule has 1 amide bonds. The molecule has 3 N–H and O–H groups in total. The minimum atomic E-state index is -1.18. The van der Waals surface area contributed by atoms with E-state index in [1.54, 1.807) is 13.0 Å². The van der Waals surface area contributed by atoms with Crippen molar-refractivity contribution in [3.05, 3.63) is 17.7 Å². The first-order chi connectivity index (χ1) is 7.49. The minimum absolute atomic E-state index is 0.235. The molecule has 1 unspecified atom stereocenters. The molecule has 1 aliphatic rings. The van der Waals surface area contributed by atoms with E-state index in [0.717, 1.165) is 0 Å². The summed E-state index contributed by atoms with van der Waals surface area (Å²) in [6.07, 6.45) is 0.376. The highest BCUT2D eigenvalue weighted by Crippen LogP contribution is 2.35. The number of amides is 1. The summed E-state index contributed by atoms with van der Waals surface area (Å²) in [6, 6.07) is 3.11. The van der Waals surface area contributed by atoms with Gasteiger partial charge in [-0.3, -0.25) is 9.59 Å². The summed E-state index contributed by atoms with van der Waals surface area (Å²) in [5, 5.41) is 2.57. The summed E-state index contributed by atoms with van der Waals surface area (Å²) < 4.78 is -1.18. The number of nitrogens with zero attached hydrogens (tertiary/aromatic N) is 1. The fourth-order valence-electron chi connectivity index (χ4n) is 1.60. The molecule has 16 heavy (non-hydrogen) atoms. The summed E-state index contributed by atoms with van der Waals surface area (Å²) in [6.45, 7) is 1.77. The fourth-order valence-corrected chi connectivity index (χ4v) is 1.91. The second-order valence-electron chi connectivity index (χ2n) is 3.57. The van der Waals surface area contributed by atoms with Gasteiger partial charge in [-0.05, 0) is 18.6 Å². The Hall–Kier alpha value is -1.43. The van der Waals surface area contributed by atoms with Crippen LogP contribution in [0.5, 0.6) is 0 Å². The van der Waals surface area contributed by atoms with Gasteiger partial charge in [0, 0.05) is 0 Å². The van der Waals surface area contributed by atoms with Crippen LogP contribution in [0.25, 0.3) is 0 Å². The van der Waals surface area contributed by atoms with Gasteiger partial charge in [0.2, 0.25) is 5.91 Å². The lowest BCUT2D eigenvalue weighted by molar-refractivity contribution is -0.117. The number of nitrogen functional groups attached to an aromatic ring is 1. The maximum absolute atomic E-state index is 12.1. The Morgan fingerprint density at radius 1 is 1.50 bits per heavy atom. The number of anilines is 2. The van der Waals surface area contributed by atoms with Gasteiger partial charge in [-0.25, -0.2) is 4.98 Å². The van der Waals surface area contributed by atoms with Crippen LogP contribution in [0.3, 0.4) is 0 Å². The van der Waals surface area contributed by atoms with Crippen LogP contribution < -0.4 is 11.1 Å². The van der Waals surface area contributed by atoms with Gasteiger partial charge >= 0.3 is 0 Å². The summed E-state index contributed by atoms with van der Waals surface area (Å²) >= 11 is 3.19. The number of Topliss-reactive ketones (excluding diaryl/α,β-unsaturated/α-hetero) is 1. The molecule has 0 saturated carbocycles. The molecule has 5 nitrogen and oxygen atoms in total. The maximum Gasteiger partial charge on any atom is 0.250 e. The molecule has 84 valence electrons. The number of aromatic nitrogens is 1. The molecule has 1 atom stereocenters. The van der Waals surface area contributed by atoms with Gasteiger partial charge in [-0.15, -0.1) is 0 Å². The normalized spacial score (nSPS) is 23.9. The van der Waals surface area contributed by atoms with Crippen LogP contribution >= 0.6 is 15.9 Å². The van der Waals surface area contributed by atoms with Crippen molar-refractivity contribution in [3.8, 4) is 0 Å². The summed E-state index contributed by atoms with van der Waals surface area (Å²) in [5.41, 5.74) is 5.87. The van der Waals surface area contributed by atoms with E-state index in [1.165, 1.54) is 6.07 Å². The molecule has 1 aliphatic heterocycles. The quantitative estimate of drug-likeness (QED) is 0.602. The maximum atomic E-state index is 12.1. The molecule has 0 saturated heterocycles. The molecule has 0 aromatic carbocycles. The molecule has 0 spiro atoms. The molecule has 0 fully saturated rings. The Morgan fingerprint density at radius 2 is 2.19 bits per heavy atom. The van der Waals surface area contributed by atoms with Gasteiger partial charge in [0.1, 0.15) is 11.6 Å². The van der Waals surface area contributed by atoms with Crippen molar-refractivity contribution in [2.75, 3.05) is 11.1 Å². The van der Waals surface area contributed by atoms with Crippen molar-refractivity contribution < 1.29 is 9.59 Å². The highest BCUT2D eigenvalue weighted by Gasteiger charge is 2.46. The Labute approximate surface area is 101 Å². The molecular formula is C10H10BrN3O2. The van der Waals surface area contributed by atoms with Crippen LogP contribution in [0.4, 0.5) is 11.6 Å². The predicted molar refractivity (Wildman–Crippen MR) is 63.6 cm³/mol. The van der Waals surface area contributed by atoms with E-state index in [0.29, 0.717) is 12.0 Å². The molecular weight excluding hydrogens is 274 g/mol. The largest absolute Gasteiger partial charge is 0.384 e. The van der Waals surface area contributed by atoms with Crippen molar-refractivity contribution in [1.29, 1.82) is 0 Å². The lowest BCUT2D eigenvalue weighted by Crippen LogP contribution is -2.48. The van der Waals surface area contributed by atoms with E-state index < -0.39 is 10.2 Å². The van der Waals surface area contributed by atoms with Crippen molar-refractivity contribution in [2.45, 2.75) is 17.7 Å². The van der Waals surface area contributed by atoms with E-state index in [9.17, 15) is 9.59 Å².